The van der Waals surface area contributed by atoms with Crippen molar-refractivity contribution in [3.8, 4) is 0 Å². The van der Waals surface area contributed by atoms with Gasteiger partial charge < -0.3 is 25.2 Å². The number of nitrogens with one attached hydrogen (secondary N) is 2. The molecule has 3 rings (SSSR count). The molecule has 0 aliphatic rings. The Bertz CT molecular complexity index is 1030. The first kappa shape index (κ1) is 24.1. The lowest BCUT2D eigenvalue weighted by Crippen LogP contribution is -2.54. The molecule has 0 saturated heterocycles. The summed E-state index contributed by atoms with van der Waals surface area (Å²) in [4.78, 5) is 37.7. The van der Waals surface area contributed by atoms with E-state index in [0.717, 1.165) is 12.0 Å². The normalized spacial score (nSPS) is 12.6. The molecule has 0 bridgehead atoms. The molecule has 33 heavy (non-hydrogen) atoms. The number of benzene rings is 1. The molecule has 2 unspecified atom stereocenters. The molecule has 0 aliphatic carbocycles. The highest BCUT2D eigenvalue weighted by Gasteiger charge is 2.30. The van der Waals surface area contributed by atoms with Crippen molar-refractivity contribution < 1.29 is 19.6 Å². The Balaban J connectivity index is 1.67. The molecule has 0 radical (unpaired) electrons. The van der Waals surface area contributed by atoms with Gasteiger partial charge in [0.15, 0.2) is 0 Å². The lowest BCUT2D eigenvalue weighted by molar-refractivity contribution is -0.123. The quantitative estimate of drug-likeness (QED) is 0.303. The van der Waals surface area contributed by atoms with E-state index < -0.39 is 30.9 Å². The number of carbonyl (C=O) groups excluding carboxylic acids is 2. The van der Waals surface area contributed by atoms with Gasteiger partial charge in [0, 0.05) is 38.3 Å². The fraction of sp³-hybridized carbons (Fsp3) is 0.318. The van der Waals surface area contributed by atoms with E-state index in [4.69, 9.17) is 0 Å². The van der Waals surface area contributed by atoms with Gasteiger partial charge in [-0.1, -0.05) is 30.3 Å². The highest BCUT2D eigenvalue weighted by atomic mass is 16.4. The van der Waals surface area contributed by atoms with Crippen LogP contribution in [0.25, 0.3) is 0 Å². The van der Waals surface area contributed by atoms with Gasteiger partial charge in [-0.2, -0.15) is 0 Å². The molecule has 3 aromatic rings. The summed E-state index contributed by atoms with van der Waals surface area (Å²) in [6.07, 6.45) is 9.30. The van der Waals surface area contributed by atoms with E-state index in [1.807, 2.05) is 30.3 Å². The third kappa shape index (κ3) is 7.23. The summed E-state index contributed by atoms with van der Waals surface area (Å²) in [6, 6.07) is 8.80. The Kier molecular flexibility index (Phi) is 8.67. The number of hydrogen-bond donors (Lipinski definition) is 4. The summed E-state index contributed by atoms with van der Waals surface area (Å²) in [7, 11) is 0.0419. The third-order valence-electron chi connectivity index (χ3n) is 5.24. The summed E-state index contributed by atoms with van der Waals surface area (Å²) in [5, 5.41) is 25.0. The van der Waals surface area contributed by atoms with Crippen LogP contribution in [0.4, 0.5) is 0 Å². The second-order valence-electron chi connectivity index (χ2n) is 7.68. The molecule has 2 atom stereocenters. The van der Waals surface area contributed by atoms with Crippen LogP contribution in [0, 0.1) is 0 Å². The van der Waals surface area contributed by atoms with Crippen molar-refractivity contribution in [2.75, 3.05) is 0 Å². The van der Waals surface area contributed by atoms with Crippen LogP contribution in [-0.4, -0.2) is 60.5 Å². The van der Waals surface area contributed by atoms with Crippen LogP contribution in [0.3, 0.4) is 0 Å². The Morgan fingerprint density at radius 3 is 2.52 bits per heavy atom. The van der Waals surface area contributed by atoms with Crippen LogP contribution in [0.2, 0.25) is 0 Å². The van der Waals surface area contributed by atoms with Crippen molar-refractivity contribution in [3.63, 3.8) is 0 Å². The summed E-state index contributed by atoms with van der Waals surface area (Å²) in [5.74, 6) is -1.42. The second kappa shape index (κ2) is 11.9. The van der Waals surface area contributed by atoms with Crippen LogP contribution < -0.4 is 10.6 Å². The molecule has 0 aliphatic heterocycles. The fourth-order valence-corrected chi connectivity index (χ4v) is 3.38. The molecular weight excluding hydrogens is 423 g/mol. The average Bonchev–Trinajstić information content (AvgIpc) is 3.23. The van der Waals surface area contributed by atoms with Crippen molar-refractivity contribution in [1.29, 1.82) is 0 Å². The standard InChI is InChI=1S/C22H27BN6O4/c1-29-13-12-26-20(29)14-17(27-22(31)18-15-24-10-11-25-18)21(30)28-19(23(32)33)9-5-8-16-6-3-2-4-7-16/h2-4,6-7,10-13,15,17,19,32-33H,5,8-9,14H2,1H3,(H,27,31)(H,28,30). The van der Waals surface area contributed by atoms with E-state index >= 15 is 0 Å². The molecule has 4 N–H and O–H groups in total. The predicted molar refractivity (Wildman–Crippen MR) is 122 cm³/mol. The van der Waals surface area contributed by atoms with E-state index in [9.17, 15) is 19.6 Å². The molecule has 2 aromatic heterocycles. The van der Waals surface area contributed by atoms with E-state index in [0.29, 0.717) is 18.7 Å². The van der Waals surface area contributed by atoms with Gasteiger partial charge >= 0.3 is 7.12 Å². The van der Waals surface area contributed by atoms with Crippen LogP contribution in [-0.2, 0) is 24.7 Å². The fourth-order valence-electron chi connectivity index (χ4n) is 3.38. The maximum Gasteiger partial charge on any atom is 0.475 e. The van der Waals surface area contributed by atoms with Crippen molar-refractivity contribution in [2.24, 2.45) is 7.05 Å². The maximum absolute atomic E-state index is 13.1. The third-order valence-corrected chi connectivity index (χ3v) is 5.24. The molecule has 0 spiro atoms. The Morgan fingerprint density at radius 2 is 1.88 bits per heavy atom. The van der Waals surface area contributed by atoms with Crippen molar-refractivity contribution in [2.45, 2.75) is 37.7 Å². The molecule has 2 heterocycles. The molecule has 2 amide bonds. The maximum atomic E-state index is 13.1. The van der Waals surface area contributed by atoms with Crippen molar-refractivity contribution in [3.05, 3.63) is 78.4 Å². The highest BCUT2D eigenvalue weighted by Crippen LogP contribution is 2.09. The van der Waals surface area contributed by atoms with E-state index in [-0.39, 0.29) is 12.1 Å². The molecule has 0 saturated carbocycles. The first-order valence-electron chi connectivity index (χ1n) is 10.7. The minimum absolute atomic E-state index is 0.0664. The first-order valence-corrected chi connectivity index (χ1v) is 10.7. The molecular formula is C22H27BN6O4. The monoisotopic (exact) mass is 450 g/mol. The lowest BCUT2D eigenvalue weighted by Gasteiger charge is -2.23. The smallest absolute Gasteiger partial charge is 0.426 e. The summed E-state index contributed by atoms with van der Waals surface area (Å²) < 4.78 is 1.74. The first-order chi connectivity index (χ1) is 15.9. The number of amides is 2. The van der Waals surface area contributed by atoms with Crippen LogP contribution in [0.15, 0.2) is 61.3 Å². The Morgan fingerprint density at radius 1 is 1.09 bits per heavy atom. The van der Waals surface area contributed by atoms with Gasteiger partial charge in [-0.3, -0.25) is 14.6 Å². The summed E-state index contributed by atoms with van der Waals surface area (Å²) in [6.45, 7) is 0. The Hall–Kier alpha value is -3.57. The molecule has 172 valence electrons. The van der Waals surface area contributed by atoms with Crippen LogP contribution in [0.1, 0.15) is 34.7 Å². The largest absolute Gasteiger partial charge is 0.475 e. The zero-order valence-electron chi connectivity index (χ0n) is 18.3. The number of hydrogen-bond acceptors (Lipinski definition) is 7. The van der Waals surface area contributed by atoms with Gasteiger partial charge in [0.2, 0.25) is 5.91 Å². The number of aromatic nitrogens is 4. The summed E-state index contributed by atoms with van der Waals surface area (Å²) >= 11 is 0. The van der Waals surface area contributed by atoms with Gasteiger partial charge in [-0.15, -0.1) is 0 Å². The van der Waals surface area contributed by atoms with Gasteiger partial charge in [-0.25, -0.2) is 9.97 Å². The SMILES string of the molecule is Cn1ccnc1CC(NC(=O)c1cnccn1)C(=O)NC(CCCc1ccccc1)B(O)O. The number of aryl methyl sites for hydroxylation is 2. The number of carbonyl (C=O) groups is 2. The number of imidazole rings is 1. The number of nitrogens with zero attached hydrogens (tertiary/aromatic N) is 4. The highest BCUT2D eigenvalue weighted by molar-refractivity contribution is 6.43. The van der Waals surface area contributed by atoms with Crippen molar-refractivity contribution >= 4 is 18.9 Å². The van der Waals surface area contributed by atoms with Gasteiger partial charge in [0.1, 0.15) is 17.6 Å². The van der Waals surface area contributed by atoms with Crippen molar-refractivity contribution in [1.82, 2.24) is 30.2 Å². The average molecular weight is 450 g/mol. The molecule has 0 fully saturated rings. The van der Waals surface area contributed by atoms with E-state index in [1.54, 1.807) is 24.0 Å². The topological polar surface area (TPSA) is 142 Å². The predicted octanol–water partition coefficient (Wildman–Crippen LogP) is 0.0709. The van der Waals surface area contributed by atoms with Crippen LogP contribution >= 0.6 is 0 Å². The second-order valence-corrected chi connectivity index (χ2v) is 7.68. The van der Waals surface area contributed by atoms with E-state index in [2.05, 4.69) is 25.6 Å². The van der Waals surface area contributed by atoms with Gasteiger partial charge in [0.25, 0.3) is 5.91 Å². The molecule has 10 nitrogen and oxygen atoms in total. The zero-order valence-corrected chi connectivity index (χ0v) is 18.3. The minimum atomic E-state index is -1.74. The molecule has 11 heteroatoms. The van der Waals surface area contributed by atoms with E-state index in [1.165, 1.54) is 18.6 Å². The zero-order chi connectivity index (χ0) is 23.6. The molecule has 1 aromatic carbocycles. The number of rotatable bonds is 11. The Labute approximate surface area is 192 Å². The summed E-state index contributed by atoms with van der Waals surface area (Å²) in [5.41, 5.74) is 1.19. The van der Waals surface area contributed by atoms with Gasteiger partial charge in [0.05, 0.1) is 12.1 Å². The van der Waals surface area contributed by atoms with Gasteiger partial charge in [-0.05, 0) is 24.8 Å². The minimum Gasteiger partial charge on any atom is -0.426 e. The van der Waals surface area contributed by atoms with Crippen LogP contribution in [0.5, 0.6) is 0 Å². The lowest BCUT2D eigenvalue weighted by atomic mass is 9.76.